The van der Waals surface area contributed by atoms with E-state index >= 15 is 0 Å². The molecule has 0 saturated heterocycles. The minimum atomic E-state index is -1.78. The van der Waals surface area contributed by atoms with E-state index < -0.39 is 18.5 Å². The van der Waals surface area contributed by atoms with Crippen LogP contribution >= 0.6 is 0 Å². The number of aromatic nitrogens is 2. The molecule has 0 fully saturated rings. The highest BCUT2D eigenvalue weighted by Gasteiger charge is 2.31. The van der Waals surface area contributed by atoms with Crippen molar-refractivity contribution in [2.75, 3.05) is 0 Å². The summed E-state index contributed by atoms with van der Waals surface area (Å²) in [5.41, 5.74) is -2.01. The number of aryl methyl sites for hydroxylation is 1. The van der Waals surface area contributed by atoms with Crippen LogP contribution in [-0.2, 0) is 7.05 Å². The molecule has 8 heteroatoms. The largest absolute Gasteiger partial charge is 0.708 e. The molecule has 7 nitrogen and oxygen atoms in total. The summed E-state index contributed by atoms with van der Waals surface area (Å²) < 4.78 is 5.88. The van der Waals surface area contributed by atoms with E-state index in [1.165, 1.54) is 16.9 Å². The number of aliphatic hydroxyl groups is 2. The first-order valence-corrected chi connectivity index (χ1v) is 5.40. The van der Waals surface area contributed by atoms with Crippen molar-refractivity contribution in [3.63, 3.8) is 0 Å². The van der Waals surface area contributed by atoms with Crippen LogP contribution in [0.2, 0.25) is 0 Å². The summed E-state index contributed by atoms with van der Waals surface area (Å²) in [6, 6.07) is 1.53. The Balaban J connectivity index is 0.000000331. The van der Waals surface area contributed by atoms with E-state index in [0.717, 1.165) is 0 Å². The fraction of sp³-hybridized carbons (Fsp3) is 0.700. The Morgan fingerprint density at radius 3 is 1.83 bits per heavy atom. The topological polar surface area (TPSA) is 108 Å². The molecule has 0 unspecified atom stereocenters. The molecular formula is C10H21BN2O5. The van der Waals surface area contributed by atoms with Crippen LogP contribution in [0.15, 0.2) is 12.3 Å². The third-order valence-electron chi connectivity index (χ3n) is 2.50. The molecule has 0 bridgehead atoms. The average Bonchev–Trinajstić information content (AvgIpc) is 2.48. The zero-order chi connectivity index (χ0) is 14.6. The Morgan fingerprint density at radius 1 is 1.17 bits per heavy atom. The Hall–Kier alpha value is -1.09. The van der Waals surface area contributed by atoms with E-state index in [0.29, 0.717) is 5.88 Å². The molecule has 1 heterocycles. The zero-order valence-corrected chi connectivity index (χ0v) is 11.3. The molecule has 104 valence electrons. The smallest absolute Gasteiger partial charge is 0.498 e. The summed E-state index contributed by atoms with van der Waals surface area (Å²) in [5.74, 6) is 0.315. The second-order valence-electron chi connectivity index (χ2n) is 4.86. The fourth-order valence-corrected chi connectivity index (χ4v) is 0.585. The summed E-state index contributed by atoms with van der Waals surface area (Å²) in [6.45, 7) is 6.31. The maximum absolute atomic E-state index is 9.10. The molecule has 0 aliphatic rings. The monoisotopic (exact) mass is 260 g/mol. The maximum atomic E-state index is 9.10. The minimum absolute atomic E-state index is 0.315. The van der Waals surface area contributed by atoms with Crippen molar-refractivity contribution < 1.29 is 24.9 Å². The number of hydrogen-bond donors (Lipinski definition) is 4. The van der Waals surface area contributed by atoms with Gasteiger partial charge in [0, 0.05) is 13.1 Å². The van der Waals surface area contributed by atoms with E-state index in [1.807, 2.05) is 0 Å². The lowest BCUT2D eigenvalue weighted by atomic mass is 9.90. The highest BCUT2D eigenvalue weighted by molar-refractivity contribution is 6.33. The van der Waals surface area contributed by atoms with E-state index in [-0.39, 0.29) is 0 Å². The molecule has 4 N–H and O–H groups in total. The van der Waals surface area contributed by atoms with Crippen LogP contribution in [0.4, 0.5) is 0 Å². The van der Waals surface area contributed by atoms with Gasteiger partial charge in [0.05, 0.1) is 17.4 Å². The molecule has 0 atom stereocenters. The van der Waals surface area contributed by atoms with Gasteiger partial charge in [-0.05, 0) is 27.7 Å². The predicted octanol–water partition coefficient (Wildman–Crippen LogP) is -0.703. The first-order chi connectivity index (χ1) is 7.95. The van der Waals surface area contributed by atoms with Crippen LogP contribution in [0.25, 0.3) is 0 Å². The predicted molar refractivity (Wildman–Crippen MR) is 66.6 cm³/mol. The molecule has 0 aliphatic carbocycles. The van der Waals surface area contributed by atoms with Crippen LogP contribution < -0.4 is 4.65 Å². The van der Waals surface area contributed by atoms with E-state index in [1.54, 1.807) is 34.7 Å². The molecular weight excluding hydrogens is 239 g/mol. The first kappa shape index (κ1) is 16.9. The summed E-state index contributed by atoms with van der Waals surface area (Å²) in [7, 11) is -0.145. The van der Waals surface area contributed by atoms with Crippen molar-refractivity contribution in [1.29, 1.82) is 0 Å². The quantitative estimate of drug-likeness (QED) is 0.535. The molecule has 0 aromatic carbocycles. The van der Waals surface area contributed by atoms with Gasteiger partial charge in [-0.15, -0.1) is 0 Å². The zero-order valence-electron chi connectivity index (χ0n) is 11.3. The highest BCUT2D eigenvalue weighted by Crippen LogP contribution is 2.19. The van der Waals surface area contributed by atoms with Gasteiger partial charge in [0.1, 0.15) is 0 Å². The van der Waals surface area contributed by atoms with Crippen LogP contribution in [0, 0.1) is 0 Å². The summed E-state index contributed by atoms with van der Waals surface area (Å²) in [4.78, 5) is 0. The number of hydrogen-bond acceptors (Lipinski definition) is 6. The standard InChI is InChI=1S/C6H14O2.C4H7BN2O3/c1-5(2,7)6(3,4)8;1-7-4(2-3-6-7)10-5(8)9/h7-8H,1-4H3;2-3,8-9H,1H3. The lowest BCUT2D eigenvalue weighted by molar-refractivity contribution is -0.107. The summed E-state index contributed by atoms with van der Waals surface area (Å²) in [6.07, 6.45) is 1.50. The lowest BCUT2D eigenvalue weighted by Gasteiger charge is -2.31. The first-order valence-electron chi connectivity index (χ1n) is 5.40. The van der Waals surface area contributed by atoms with Crippen LogP contribution in [-0.4, -0.2) is 48.6 Å². The SMILES string of the molecule is CC(C)(O)C(C)(C)O.Cn1nccc1OB(O)O. The molecule has 0 spiro atoms. The molecule has 1 rings (SSSR count). The molecule has 0 aliphatic heterocycles. The third kappa shape index (κ3) is 6.01. The van der Waals surface area contributed by atoms with Gasteiger partial charge < -0.3 is 24.9 Å². The summed E-state index contributed by atoms with van der Waals surface area (Å²) >= 11 is 0. The second kappa shape index (κ2) is 6.19. The van der Waals surface area contributed by atoms with Gasteiger partial charge in [-0.25, -0.2) is 4.68 Å². The molecule has 18 heavy (non-hydrogen) atoms. The van der Waals surface area contributed by atoms with Gasteiger partial charge in [0.15, 0.2) is 5.88 Å². The van der Waals surface area contributed by atoms with Gasteiger partial charge in [0.2, 0.25) is 0 Å². The Bertz CT molecular complexity index is 342. The number of nitrogens with zero attached hydrogens (tertiary/aromatic N) is 2. The van der Waals surface area contributed by atoms with Crippen molar-refractivity contribution >= 4 is 7.32 Å². The van der Waals surface area contributed by atoms with Gasteiger partial charge >= 0.3 is 7.32 Å². The fourth-order valence-electron chi connectivity index (χ4n) is 0.585. The van der Waals surface area contributed by atoms with Crippen molar-refractivity contribution in [2.24, 2.45) is 7.05 Å². The number of rotatable bonds is 3. The van der Waals surface area contributed by atoms with Crippen LogP contribution in [0.5, 0.6) is 5.88 Å². The van der Waals surface area contributed by atoms with E-state index in [9.17, 15) is 0 Å². The van der Waals surface area contributed by atoms with E-state index in [4.69, 9.17) is 20.3 Å². The maximum Gasteiger partial charge on any atom is 0.708 e. The van der Waals surface area contributed by atoms with Crippen molar-refractivity contribution in [3.8, 4) is 5.88 Å². The van der Waals surface area contributed by atoms with Crippen molar-refractivity contribution in [2.45, 2.75) is 38.9 Å². The van der Waals surface area contributed by atoms with Crippen LogP contribution in [0.1, 0.15) is 27.7 Å². The van der Waals surface area contributed by atoms with Gasteiger partial charge in [-0.2, -0.15) is 5.10 Å². The highest BCUT2D eigenvalue weighted by atomic mass is 16.6. The molecule has 0 saturated carbocycles. The normalized spacial score (nSPS) is 11.6. The van der Waals surface area contributed by atoms with Crippen molar-refractivity contribution in [3.05, 3.63) is 12.3 Å². The average molecular weight is 260 g/mol. The molecule has 0 radical (unpaired) electrons. The van der Waals surface area contributed by atoms with E-state index in [2.05, 4.69) is 9.75 Å². The van der Waals surface area contributed by atoms with Crippen molar-refractivity contribution in [1.82, 2.24) is 9.78 Å². The lowest BCUT2D eigenvalue weighted by Crippen LogP contribution is -2.44. The Morgan fingerprint density at radius 2 is 1.61 bits per heavy atom. The van der Waals surface area contributed by atoms with Gasteiger partial charge in [-0.3, -0.25) is 0 Å². The van der Waals surface area contributed by atoms with Gasteiger partial charge in [-0.1, -0.05) is 0 Å². The van der Waals surface area contributed by atoms with Gasteiger partial charge in [0.25, 0.3) is 0 Å². The molecule has 1 aromatic heterocycles. The minimum Gasteiger partial charge on any atom is -0.498 e. The van der Waals surface area contributed by atoms with Crippen LogP contribution in [0.3, 0.4) is 0 Å². The molecule has 0 amide bonds. The third-order valence-corrected chi connectivity index (χ3v) is 2.50. The Labute approximate surface area is 107 Å². The second-order valence-corrected chi connectivity index (χ2v) is 4.86. The summed E-state index contributed by atoms with van der Waals surface area (Å²) in [5, 5.41) is 38.6. The Kier molecular flexibility index (Phi) is 5.82. The molecule has 1 aromatic rings.